The second kappa shape index (κ2) is 6.87. The summed E-state index contributed by atoms with van der Waals surface area (Å²) in [5, 5.41) is 3.81. The molecule has 0 spiro atoms. The molecule has 3 heteroatoms. The molecular formula is C13H26N2S. The van der Waals surface area contributed by atoms with E-state index in [1.165, 1.54) is 63.2 Å². The van der Waals surface area contributed by atoms with E-state index in [1.807, 2.05) is 0 Å². The van der Waals surface area contributed by atoms with Crippen LogP contribution in [0.5, 0.6) is 0 Å². The molecule has 1 atom stereocenters. The molecule has 2 nitrogen and oxygen atoms in total. The van der Waals surface area contributed by atoms with Gasteiger partial charge in [0.05, 0.1) is 0 Å². The van der Waals surface area contributed by atoms with E-state index < -0.39 is 0 Å². The van der Waals surface area contributed by atoms with Crippen molar-refractivity contribution in [3.63, 3.8) is 0 Å². The van der Waals surface area contributed by atoms with E-state index in [4.69, 9.17) is 0 Å². The molecule has 94 valence electrons. The van der Waals surface area contributed by atoms with Crippen molar-refractivity contribution in [1.29, 1.82) is 0 Å². The molecule has 0 saturated carbocycles. The van der Waals surface area contributed by atoms with Gasteiger partial charge in [0.15, 0.2) is 0 Å². The fourth-order valence-electron chi connectivity index (χ4n) is 2.85. The van der Waals surface area contributed by atoms with Gasteiger partial charge in [0.2, 0.25) is 0 Å². The first-order chi connectivity index (χ1) is 7.84. The fourth-order valence-corrected chi connectivity index (χ4v) is 3.96. The Morgan fingerprint density at radius 1 is 1.19 bits per heavy atom. The first-order valence-electron chi connectivity index (χ1n) is 6.91. The number of rotatable bonds is 4. The normalized spacial score (nSPS) is 26.8. The number of hydrogen-bond acceptors (Lipinski definition) is 3. The molecule has 2 aliphatic heterocycles. The van der Waals surface area contributed by atoms with Gasteiger partial charge in [-0.1, -0.05) is 6.42 Å². The summed E-state index contributed by atoms with van der Waals surface area (Å²) in [5.74, 6) is 2.71. The Morgan fingerprint density at radius 3 is 2.56 bits per heavy atom. The minimum atomic E-state index is 0.672. The molecule has 16 heavy (non-hydrogen) atoms. The molecule has 0 aliphatic carbocycles. The van der Waals surface area contributed by atoms with Gasteiger partial charge >= 0.3 is 0 Å². The van der Waals surface area contributed by atoms with Crippen LogP contribution in [0.15, 0.2) is 0 Å². The van der Waals surface area contributed by atoms with E-state index in [-0.39, 0.29) is 0 Å². The summed E-state index contributed by atoms with van der Waals surface area (Å²) in [4.78, 5) is 2.64. The highest BCUT2D eigenvalue weighted by Crippen LogP contribution is 2.17. The molecule has 2 fully saturated rings. The average molecular weight is 242 g/mol. The molecule has 0 aromatic carbocycles. The predicted octanol–water partition coefficient (Wildman–Crippen LogP) is 2.35. The maximum absolute atomic E-state index is 3.81. The summed E-state index contributed by atoms with van der Waals surface area (Å²) in [6.45, 7) is 6.26. The lowest BCUT2D eigenvalue weighted by atomic mass is 10.1. The van der Waals surface area contributed by atoms with Gasteiger partial charge in [-0.2, -0.15) is 11.8 Å². The fraction of sp³-hybridized carbons (Fsp3) is 1.00. The highest BCUT2D eigenvalue weighted by atomic mass is 32.2. The molecule has 0 aromatic heterocycles. The molecule has 1 N–H and O–H groups in total. The molecule has 0 radical (unpaired) electrons. The van der Waals surface area contributed by atoms with Crippen LogP contribution < -0.4 is 5.32 Å². The third-order valence-electron chi connectivity index (χ3n) is 3.72. The van der Waals surface area contributed by atoms with Crippen molar-refractivity contribution in [3.8, 4) is 0 Å². The van der Waals surface area contributed by atoms with Crippen LogP contribution >= 0.6 is 11.8 Å². The monoisotopic (exact) mass is 242 g/mol. The largest absolute Gasteiger partial charge is 0.310 e. The van der Waals surface area contributed by atoms with Gasteiger partial charge in [-0.3, -0.25) is 0 Å². The summed E-state index contributed by atoms with van der Waals surface area (Å²) >= 11 is 2.11. The minimum absolute atomic E-state index is 0.672. The SMILES string of the molecule is CC(CN1CCCCC1)NC1CCSCC1. The van der Waals surface area contributed by atoms with Crippen LogP contribution in [0.2, 0.25) is 0 Å². The van der Waals surface area contributed by atoms with Crippen molar-refractivity contribution in [2.24, 2.45) is 0 Å². The van der Waals surface area contributed by atoms with E-state index in [1.54, 1.807) is 0 Å². The van der Waals surface area contributed by atoms with Crippen molar-refractivity contribution in [2.45, 2.75) is 51.1 Å². The number of nitrogens with one attached hydrogen (secondary N) is 1. The van der Waals surface area contributed by atoms with Gasteiger partial charge < -0.3 is 10.2 Å². The molecule has 0 aromatic rings. The molecule has 0 bridgehead atoms. The molecular weight excluding hydrogens is 216 g/mol. The van der Waals surface area contributed by atoms with Gasteiger partial charge in [-0.15, -0.1) is 0 Å². The van der Waals surface area contributed by atoms with Crippen LogP contribution in [0.3, 0.4) is 0 Å². The van der Waals surface area contributed by atoms with Gasteiger partial charge in [0.1, 0.15) is 0 Å². The summed E-state index contributed by atoms with van der Waals surface area (Å²) in [7, 11) is 0. The lowest BCUT2D eigenvalue weighted by Gasteiger charge is -2.32. The molecule has 1 unspecified atom stereocenters. The van der Waals surface area contributed by atoms with Crippen molar-refractivity contribution < 1.29 is 0 Å². The predicted molar refractivity (Wildman–Crippen MR) is 73.2 cm³/mol. The second-order valence-electron chi connectivity index (χ2n) is 5.32. The van der Waals surface area contributed by atoms with Crippen molar-refractivity contribution in [3.05, 3.63) is 0 Å². The van der Waals surface area contributed by atoms with Crippen molar-refractivity contribution >= 4 is 11.8 Å². The number of piperidine rings is 1. The van der Waals surface area contributed by atoms with E-state index in [0.717, 1.165) is 6.04 Å². The maximum atomic E-state index is 3.81. The lowest BCUT2D eigenvalue weighted by Crippen LogP contribution is -2.46. The molecule has 0 amide bonds. The number of thioether (sulfide) groups is 1. The van der Waals surface area contributed by atoms with Crippen LogP contribution in [0.25, 0.3) is 0 Å². The zero-order chi connectivity index (χ0) is 11.2. The van der Waals surface area contributed by atoms with E-state index in [2.05, 4.69) is 28.9 Å². The zero-order valence-electron chi connectivity index (χ0n) is 10.6. The topological polar surface area (TPSA) is 15.3 Å². The summed E-state index contributed by atoms with van der Waals surface area (Å²) in [6.07, 6.45) is 7.00. The first-order valence-corrected chi connectivity index (χ1v) is 8.06. The highest BCUT2D eigenvalue weighted by molar-refractivity contribution is 7.99. The summed E-state index contributed by atoms with van der Waals surface area (Å²) in [6, 6.07) is 1.47. The Labute approximate surface area is 105 Å². The smallest absolute Gasteiger partial charge is 0.0169 e. The van der Waals surface area contributed by atoms with E-state index >= 15 is 0 Å². The second-order valence-corrected chi connectivity index (χ2v) is 6.54. The van der Waals surface area contributed by atoms with E-state index in [9.17, 15) is 0 Å². The summed E-state index contributed by atoms with van der Waals surface area (Å²) in [5.41, 5.74) is 0. The number of hydrogen-bond donors (Lipinski definition) is 1. The van der Waals surface area contributed by atoms with Crippen molar-refractivity contribution in [2.75, 3.05) is 31.1 Å². The van der Waals surface area contributed by atoms with Crippen LogP contribution in [0.1, 0.15) is 39.0 Å². The van der Waals surface area contributed by atoms with E-state index in [0.29, 0.717) is 6.04 Å². The third kappa shape index (κ3) is 4.27. The highest BCUT2D eigenvalue weighted by Gasteiger charge is 2.18. The van der Waals surface area contributed by atoms with Crippen LogP contribution in [0.4, 0.5) is 0 Å². The Bertz CT molecular complexity index is 166. The third-order valence-corrected chi connectivity index (χ3v) is 4.77. The van der Waals surface area contributed by atoms with Gasteiger partial charge in [0, 0.05) is 18.6 Å². The van der Waals surface area contributed by atoms with Crippen molar-refractivity contribution in [1.82, 2.24) is 10.2 Å². The standard InChI is InChI=1S/C13H26N2S/c1-12(11-15-7-3-2-4-8-15)14-13-5-9-16-10-6-13/h12-14H,2-11H2,1H3. The molecule has 2 rings (SSSR count). The number of nitrogens with zero attached hydrogens (tertiary/aromatic N) is 1. The molecule has 2 aliphatic rings. The lowest BCUT2D eigenvalue weighted by molar-refractivity contribution is 0.203. The van der Waals surface area contributed by atoms with Crippen LogP contribution in [0, 0.1) is 0 Å². The number of likely N-dealkylation sites (tertiary alicyclic amines) is 1. The Hall–Kier alpha value is 0.270. The molecule has 2 heterocycles. The first kappa shape index (κ1) is 12.7. The Kier molecular flexibility index (Phi) is 5.46. The average Bonchev–Trinajstić information content (AvgIpc) is 2.31. The van der Waals surface area contributed by atoms with Gasteiger partial charge in [-0.05, 0) is 57.2 Å². The quantitative estimate of drug-likeness (QED) is 0.815. The Morgan fingerprint density at radius 2 is 1.88 bits per heavy atom. The maximum Gasteiger partial charge on any atom is 0.0169 e. The van der Waals surface area contributed by atoms with Crippen LogP contribution in [-0.4, -0.2) is 48.1 Å². The molecule has 2 saturated heterocycles. The van der Waals surface area contributed by atoms with Crippen LogP contribution in [-0.2, 0) is 0 Å². The minimum Gasteiger partial charge on any atom is -0.310 e. The zero-order valence-corrected chi connectivity index (χ0v) is 11.4. The Balaban J connectivity index is 1.64. The summed E-state index contributed by atoms with van der Waals surface area (Å²) < 4.78 is 0. The van der Waals surface area contributed by atoms with Gasteiger partial charge in [-0.25, -0.2) is 0 Å². The van der Waals surface area contributed by atoms with Gasteiger partial charge in [0.25, 0.3) is 0 Å².